The smallest absolute Gasteiger partial charge is 0.316 e. The van der Waals surface area contributed by atoms with Crippen LogP contribution in [0.5, 0.6) is 6.01 Å². The van der Waals surface area contributed by atoms with Gasteiger partial charge in [-0.1, -0.05) is 32.4 Å². The van der Waals surface area contributed by atoms with Crippen LogP contribution in [0.15, 0.2) is 12.4 Å². The van der Waals surface area contributed by atoms with Crippen molar-refractivity contribution in [2.45, 2.75) is 33.3 Å². The van der Waals surface area contributed by atoms with Gasteiger partial charge in [0.15, 0.2) is 0 Å². The lowest BCUT2D eigenvalue weighted by Gasteiger charge is -2.25. The molecular formula is C13H18ClN3O2. The normalized spacial score (nSPS) is 19.6. The maximum absolute atomic E-state index is 12.1. The molecule has 1 fully saturated rings. The van der Waals surface area contributed by atoms with Crippen LogP contribution in [0.2, 0.25) is 5.02 Å². The number of nitrogens with zero attached hydrogens (tertiary/aromatic N) is 3. The minimum absolute atomic E-state index is 0.0486. The van der Waals surface area contributed by atoms with Crippen LogP contribution < -0.4 is 4.74 Å². The molecule has 6 heteroatoms. The van der Waals surface area contributed by atoms with E-state index in [9.17, 15) is 4.79 Å². The number of rotatable bonds is 2. The molecule has 1 aromatic rings. The summed E-state index contributed by atoms with van der Waals surface area (Å²) in [6.07, 6.45) is 3.74. The predicted octanol–water partition coefficient (Wildman–Crippen LogP) is 2.16. The second kappa shape index (κ2) is 5.33. The first-order valence-electron chi connectivity index (χ1n) is 6.30. The lowest BCUT2D eigenvalue weighted by Crippen LogP contribution is -2.38. The first kappa shape index (κ1) is 14.1. The molecule has 1 aliphatic rings. The van der Waals surface area contributed by atoms with E-state index < -0.39 is 0 Å². The zero-order valence-electron chi connectivity index (χ0n) is 11.4. The highest BCUT2D eigenvalue weighted by atomic mass is 35.5. The van der Waals surface area contributed by atoms with E-state index in [0.717, 1.165) is 6.42 Å². The van der Waals surface area contributed by atoms with Crippen LogP contribution in [0, 0.1) is 5.41 Å². The molecule has 5 nitrogen and oxygen atoms in total. The summed E-state index contributed by atoms with van der Waals surface area (Å²) in [5.74, 6) is 0.149. The van der Waals surface area contributed by atoms with Crippen LogP contribution in [0.3, 0.4) is 0 Å². The van der Waals surface area contributed by atoms with Crippen molar-refractivity contribution in [2.24, 2.45) is 5.41 Å². The van der Waals surface area contributed by atoms with E-state index in [-0.39, 0.29) is 17.4 Å². The maximum atomic E-state index is 12.1. The molecule has 1 atom stereocenters. The number of carbonyl (C=O) groups excluding carboxylic acids is 1. The molecule has 0 N–H and O–H groups in total. The van der Waals surface area contributed by atoms with Gasteiger partial charge in [0.1, 0.15) is 6.10 Å². The molecule has 2 rings (SSSR count). The Hall–Kier alpha value is -1.36. The third-order valence-electron chi connectivity index (χ3n) is 2.94. The van der Waals surface area contributed by atoms with Crippen molar-refractivity contribution in [3.8, 4) is 6.01 Å². The summed E-state index contributed by atoms with van der Waals surface area (Å²) < 4.78 is 5.65. The van der Waals surface area contributed by atoms with Crippen LogP contribution in [0.25, 0.3) is 0 Å². The van der Waals surface area contributed by atoms with Crippen molar-refractivity contribution >= 4 is 17.5 Å². The molecule has 19 heavy (non-hydrogen) atoms. The topological polar surface area (TPSA) is 55.3 Å². The van der Waals surface area contributed by atoms with E-state index in [1.807, 2.05) is 25.7 Å². The number of aromatic nitrogens is 2. The number of likely N-dealkylation sites (tertiary alicyclic amines) is 1. The molecule has 0 aromatic carbocycles. The van der Waals surface area contributed by atoms with Gasteiger partial charge in [-0.2, -0.15) is 0 Å². The molecule has 2 heterocycles. The Bertz CT molecular complexity index is 456. The number of hydrogen-bond donors (Lipinski definition) is 0. The van der Waals surface area contributed by atoms with E-state index in [1.54, 1.807) is 0 Å². The third-order valence-corrected chi connectivity index (χ3v) is 3.14. The number of amides is 1. The predicted molar refractivity (Wildman–Crippen MR) is 72.1 cm³/mol. The van der Waals surface area contributed by atoms with Crippen molar-refractivity contribution < 1.29 is 9.53 Å². The van der Waals surface area contributed by atoms with E-state index in [2.05, 4.69) is 9.97 Å². The monoisotopic (exact) mass is 283 g/mol. The zero-order chi connectivity index (χ0) is 14.0. The number of carbonyl (C=O) groups is 1. The second-order valence-corrected chi connectivity index (χ2v) is 6.15. The number of halogens is 1. The van der Waals surface area contributed by atoms with Gasteiger partial charge in [-0.25, -0.2) is 9.97 Å². The summed E-state index contributed by atoms with van der Waals surface area (Å²) in [6.45, 7) is 7.07. The van der Waals surface area contributed by atoms with Crippen molar-refractivity contribution in [3.05, 3.63) is 17.4 Å². The first-order valence-corrected chi connectivity index (χ1v) is 6.67. The first-order chi connectivity index (χ1) is 8.86. The van der Waals surface area contributed by atoms with Crippen molar-refractivity contribution in [2.75, 3.05) is 13.1 Å². The Kier molecular flexibility index (Phi) is 3.94. The fourth-order valence-corrected chi connectivity index (χ4v) is 2.09. The average molecular weight is 284 g/mol. The molecule has 1 saturated heterocycles. The van der Waals surface area contributed by atoms with E-state index in [1.165, 1.54) is 12.4 Å². The summed E-state index contributed by atoms with van der Waals surface area (Å²) in [6, 6.07) is 0.305. The average Bonchev–Trinajstić information content (AvgIpc) is 2.78. The van der Waals surface area contributed by atoms with E-state index in [0.29, 0.717) is 24.1 Å². The third kappa shape index (κ3) is 3.56. The highest BCUT2D eigenvalue weighted by molar-refractivity contribution is 6.30. The van der Waals surface area contributed by atoms with Gasteiger partial charge in [0.05, 0.1) is 24.0 Å². The summed E-state index contributed by atoms with van der Waals surface area (Å²) in [7, 11) is 0. The lowest BCUT2D eigenvalue weighted by molar-refractivity contribution is -0.138. The molecule has 0 radical (unpaired) electrons. The van der Waals surface area contributed by atoms with Gasteiger partial charge < -0.3 is 9.64 Å². The van der Waals surface area contributed by atoms with E-state index in [4.69, 9.17) is 16.3 Å². The van der Waals surface area contributed by atoms with Crippen LogP contribution in [0.1, 0.15) is 27.2 Å². The van der Waals surface area contributed by atoms with Crippen molar-refractivity contribution in [1.82, 2.24) is 14.9 Å². The maximum Gasteiger partial charge on any atom is 0.316 e. The Labute approximate surface area is 117 Å². The van der Waals surface area contributed by atoms with Gasteiger partial charge in [0.2, 0.25) is 5.91 Å². The van der Waals surface area contributed by atoms with Crippen molar-refractivity contribution in [3.63, 3.8) is 0 Å². The molecule has 1 unspecified atom stereocenters. The van der Waals surface area contributed by atoms with Crippen LogP contribution >= 0.6 is 11.6 Å². The molecule has 0 bridgehead atoms. The molecule has 0 aliphatic carbocycles. The Morgan fingerprint density at radius 1 is 1.42 bits per heavy atom. The number of hydrogen-bond acceptors (Lipinski definition) is 4. The zero-order valence-corrected chi connectivity index (χ0v) is 12.1. The summed E-state index contributed by atoms with van der Waals surface area (Å²) in [4.78, 5) is 21.9. The van der Waals surface area contributed by atoms with Gasteiger partial charge in [0, 0.05) is 18.4 Å². The van der Waals surface area contributed by atoms with Gasteiger partial charge in [-0.05, 0) is 0 Å². The summed E-state index contributed by atoms with van der Waals surface area (Å²) >= 11 is 5.71. The molecule has 104 valence electrons. The standard InChI is InChI=1S/C13H18ClN3O2/c1-13(2,3)11(18)17-5-4-10(8-17)19-12-15-6-9(14)7-16-12/h6-7,10H,4-5,8H2,1-3H3. The minimum atomic E-state index is -0.355. The van der Waals surface area contributed by atoms with Crippen molar-refractivity contribution in [1.29, 1.82) is 0 Å². The molecule has 0 spiro atoms. The Balaban J connectivity index is 1.92. The van der Waals surface area contributed by atoms with E-state index >= 15 is 0 Å². The summed E-state index contributed by atoms with van der Waals surface area (Å²) in [5, 5.41) is 0.475. The Morgan fingerprint density at radius 2 is 2.05 bits per heavy atom. The van der Waals surface area contributed by atoms with Gasteiger partial charge in [0.25, 0.3) is 0 Å². The molecule has 1 amide bonds. The van der Waals surface area contributed by atoms with Gasteiger partial charge in [-0.15, -0.1) is 0 Å². The SMILES string of the molecule is CC(C)(C)C(=O)N1CCC(Oc2ncc(Cl)cn2)C1. The Morgan fingerprint density at radius 3 is 2.63 bits per heavy atom. The largest absolute Gasteiger partial charge is 0.458 e. The highest BCUT2D eigenvalue weighted by Gasteiger charge is 2.33. The fourth-order valence-electron chi connectivity index (χ4n) is 1.99. The molecule has 1 aromatic heterocycles. The van der Waals surface area contributed by atoms with Gasteiger partial charge in [-0.3, -0.25) is 4.79 Å². The van der Waals surface area contributed by atoms with Crippen LogP contribution in [0.4, 0.5) is 0 Å². The lowest BCUT2D eigenvalue weighted by atomic mass is 9.95. The second-order valence-electron chi connectivity index (χ2n) is 5.71. The molecule has 0 saturated carbocycles. The molecule has 1 aliphatic heterocycles. The fraction of sp³-hybridized carbons (Fsp3) is 0.615. The van der Waals surface area contributed by atoms with Gasteiger partial charge >= 0.3 is 6.01 Å². The molecular weight excluding hydrogens is 266 g/mol. The number of ether oxygens (including phenoxy) is 1. The minimum Gasteiger partial charge on any atom is -0.458 e. The van der Waals surface area contributed by atoms with Crippen LogP contribution in [-0.4, -0.2) is 40.0 Å². The quantitative estimate of drug-likeness (QED) is 0.835. The highest BCUT2D eigenvalue weighted by Crippen LogP contribution is 2.22. The van der Waals surface area contributed by atoms with Crippen LogP contribution in [-0.2, 0) is 4.79 Å². The summed E-state index contributed by atoms with van der Waals surface area (Å²) in [5.41, 5.74) is -0.355.